The minimum Gasteiger partial charge on any atom is -0.389 e. The van der Waals surface area contributed by atoms with Gasteiger partial charge in [0.15, 0.2) is 0 Å². The molecule has 1 heterocycles. The number of unbranched alkanes of at least 4 members (excludes halogenated alkanes) is 10. The van der Waals surface area contributed by atoms with Crippen LogP contribution in [0.4, 0.5) is 0 Å². The van der Waals surface area contributed by atoms with Crippen LogP contribution in [-0.2, 0) is 0 Å². The largest absolute Gasteiger partial charge is 0.389 e. The highest BCUT2D eigenvalue weighted by atomic mass is 32.2. The first-order chi connectivity index (χ1) is 13.2. The van der Waals surface area contributed by atoms with Crippen molar-refractivity contribution in [3.8, 4) is 0 Å². The van der Waals surface area contributed by atoms with Gasteiger partial charge in [0.05, 0.1) is 10.1 Å². The molecular formula is C22H38N2S3. The van der Waals surface area contributed by atoms with E-state index in [9.17, 15) is 0 Å². The Bertz CT molecular complexity index is 484. The number of pyridine rings is 1. The van der Waals surface area contributed by atoms with Gasteiger partial charge in [-0.05, 0) is 36.5 Å². The maximum atomic E-state index is 5.88. The van der Waals surface area contributed by atoms with E-state index < -0.39 is 0 Å². The molecule has 2 N–H and O–H groups in total. The lowest BCUT2D eigenvalue weighted by Gasteiger charge is -2.08. The summed E-state index contributed by atoms with van der Waals surface area (Å²) in [6, 6.07) is 4.11. The molecule has 5 heteroatoms. The monoisotopic (exact) mass is 426 g/mol. The number of rotatable bonds is 17. The van der Waals surface area contributed by atoms with Crippen LogP contribution in [0.3, 0.4) is 0 Å². The summed E-state index contributed by atoms with van der Waals surface area (Å²) in [6.45, 7) is 4.52. The predicted octanol–water partition coefficient (Wildman–Crippen LogP) is 7.62. The third-order valence-corrected chi connectivity index (χ3v) is 6.79. The molecule has 0 radical (unpaired) electrons. The zero-order valence-corrected chi connectivity index (χ0v) is 19.8. The normalized spacial score (nSPS) is 11.0. The molecule has 0 unspecified atom stereocenters. The first-order valence-electron chi connectivity index (χ1n) is 10.7. The molecule has 0 saturated carbocycles. The highest BCUT2D eigenvalue weighted by Gasteiger charge is 2.06. The minimum atomic E-state index is 0.472. The number of thiocarbonyl (C=S) groups is 1. The van der Waals surface area contributed by atoms with Crippen molar-refractivity contribution in [2.75, 3.05) is 11.5 Å². The highest BCUT2D eigenvalue weighted by molar-refractivity contribution is 7.99. The lowest BCUT2D eigenvalue weighted by atomic mass is 10.1. The second-order valence-corrected chi connectivity index (χ2v) is 9.80. The lowest BCUT2D eigenvalue weighted by Crippen LogP contribution is -2.10. The fourth-order valence-corrected chi connectivity index (χ4v) is 4.93. The smallest absolute Gasteiger partial charge is 0.104 e. The molecule has 0 aromatic carbocycles. The lowest BCUT2D eigenvalue weighted by molar-refractivity contribution is 0.626. The molecule has 1 rings (SSSR count). The zero-order chi connectivity index (χ0) is 19.7. The molecule has 1 aromatic heterocycles. The summed E-state index contributed by atoms with van der Waals surface area (Å²) in [5.41, 5.74) is 6.84. The van der Waals surface area contributed by atoms with Gasteiger partial charge >= 0.3 is 0 Å². The maximum Gasteiger partial charge on any atom is 0.104 e. The SMILES string of the molecule is CCCCCCCCSc1cc(C(N)=S)cc(SCCCCCCCC)n1. The molecule has 2 nitrogen and oxygen atoms in total. The molecule has 0 fully saturated rings. The van der Waals surface area contributed by atoms with Crippen LogP contribution in [-0.4, -0.2) is 21.5 Å². The second kappa shape index (κ2) is 16.7. The summed E-state index contributed by atoms with van der Waals surface area (Å²) < 4.78 is 0. The van der Waals surface area contributed by atoms with Crippen molar-refractivity contribution in [3.63, 3.8) is 0 Å². The molecule has 0 aliphatic rings. The quantitative estimate of drug-likeness (QED) is 0.157. The van der Waals surface area contributed by atoms with Gasteiger partial charge < -0.3 is 5.73 Å². The minimum absolute atomic E-state index is 0.472. The Hall–Kier alpha value is -0.260. The zero-order valence-electron chi connectivity index (χ0n) is 17.3. The van der Waals surface area contributed by atoms with E-state index in [1.54, 1.807) is 0 Å². The Morgan fingerprint density at radius 2 is 1.19 bits per heavy atom. The Balaban J connectivity index is 2.38. The Morgan fingerprint density at radius 3 is 1.59 bits per heavy atom. The summed E-state index contributed by atoms with van der Waals surface area (Å²) in [4.78, 5) is 5.29. The van der Waals surface area contributed by atoms with Crippen LogP contribution in [0.2, 0.25) is 0 Å². The summed E-state index contributed by atoms with van der Waals surface area (Å²) in [5, 5.41) is 2.14. The van der Waals surface area contributed by atoms with Crippen molar-refractivity contribution in [2.45, 2.75) is 101 Å². The van der Waals surface area contributed by atoms with Gasteiger partial charge in [0, 0.05) is 5.56 Å². The van der Waals surface area contributed by atoms with Crippen molar-refractivity contribution >= 4 is 40.7 Å². The van der Waals surface area contributed by atoms with E-state index in [-0.39, 0.29) is 0 Å². The molecule has 27 heavy (non-hydrogen) atoms. The molecule has 154 valence electrons. The number of aromatic nitrogens is 1. The van der Waals surface area contributed by atoms with Crippen LogP contribution in [0.5, 0.6) is 0 Å². The van der Waals surface area contributed by atoms with Gasteiger partial charge in [-0.3, -0.25) is 0 Å². The number of hydrogen-bond donors (Lipinski definition) is 1. The third kappa shape index (κ3) is 12.7. The number of nitrogens with zero attached hydrogens (tertiary/aromatic N) is 1. The van der Waals surface area contributed by atoms with Crippen LogP contribution >= 0.6 is 35.7 Å². The average Bonchev–Trinajstić information content (AvgIpc) is 2.66. The van der Waals surface area contributed by atoms with Crippen LogP contribution in [0.15, 0.2) is 22.2 Å². The molecule has 0 atom stereocenters. The van der Waals surface area contributed by atoms with Gasteiger partial charge in [-0.1, -0.05) is 90.3 Å². The van der Waals surface area contributed by atoms with Crippen molar-refractivity contribution < 1.29 is 0 Å². The fraction of sp³-hybridized carbons (Fsp3) is 0.727. The van der Waals surface area contributed by atoms with E-state index in [2.05, 4.69) is 26.0 Å². The van der Waals surface area contributed by atoms with E-state index in [4.69, 9.17) is 22.9 Å². The topological polar surface area (TPSA) is 38.9 Å². The van der Waals surface area contributed by atoms with Gasteiger partial charge in [-0.2, -0.15) is 0 Å². The molecule has 0 amide bonds. The summed E-state index contributed by atoms with van der Waals surface area (Å²) in [7, 11) is 0. The summed E-state index contributed by atoms with van der Waals surface area (Å²) in [6.07, 6.45) is 16.0. The van der Waals surface area contributed by atoms with Crippen LogP contribution in [0.1, 0.15) is 96.5 Å². The number of thioether (sulfide) groups is 2. The number of hydrogen-bond acceptors (Lipinski definition) is 4. The fourth-order valence-electron chi connectivity index (χ4n) is 2.89. The van der Waals surface area contributed by atoms with Crippen LogP contribution in [0, 0.1) is 0 Å². The van der Waals surface area contributed by atoms with E-state index in [0.717, 1.165) is 27.1 Å². The summed E-state index contributed by atoms with van der Waals surface area (Å²) in [5.74, 6) is 2.25. The van der Waals surface area contributed by atoms with Gasteiger partial charge in [0.2, 0.25) is 0 Å². The summed E-state index contributed by atoms with van der Waals surface area (Å²) >= 11 is 8.89. The predicted molar refractivity (Wildman–Crippen MR) is 128 cm³/mol. The van der Waals surface area contributed by atoms with Gasteiger partial charge in [-0.15, -0.1) is 23.5 Å². The van der Waals surface area contributed by atoms with Crippen molar-refractivity contribution in [1.82, 2.24) is 4.98 Å². The van der Waals surface area contributed by atoms with E-state index in [1.165, 1.54) is 77.0 Å². The molecule has 0 aliphatic heterocycles. The van der Waals surface area contributed by atoms with Gasteiger partial charge in [-0.25, -0.2) is 4.98 Å². The molecule has 0 saturated heterocycles. The van der Waals surface area contributed by atoms with E-state index in [0.29, 0.717) is 4.99 Å². The molecule has 1 aromatic rings. The molecule has 0 spiro atoms. The van der Waals surface area contributed by atoms with Crippen molar-refractivity contribution in [1.29, 1.82) is 0 Å². The van der Waals surface area contributed by atoms with E-state index in [1.807, 2.05) is 23.5 Å². The van der Waals surface area contributed by atoms with Crippen LogP contribution < -0.4 is 5.73 Å². The highest BCUT2D eigenvalue weighted by Crippen LogP contribution is 2.25. The van der Waals surface area contributed by atoms with Crippen molar-refractivity contribution in [3.05, 3.63) is 17.7 Å². The first-order valence-corrected chi connectivity index (χ1v) is 13.1. The van der Waals surface area contributed by atoms with Crippen molar-refractivity contribution in [2.24, 2.45) is 5.73 Å². The molecule has 0 aliphatic carbocycles. The number of nitrogens with two attached hydrogens (primary N) is 1. The first kappa shape index (κ1) is 24.8. The van der Waals surface area contributed by atoms with E-state index >= 15 is 0 Å². The Labute approximate surface area is 181 Å². The maximum absolute atomic E-state index is 5.88. The standard InChI is InChI=1S/C22H38N2S3/c1-3-5-7-9-11-13-15-26-20-17-19(22(23)25)18-21(24-20)27-16-14-12-10-8-6-4-2/h17-18H,3-16H2,1-2H3,(H2,23,25). The van der Waals surface area contributed by atoms with Gasteiger partial charge in [0.25, 0.3) is 0 Å². The van der Waals surface area contributed by atoms with Crippen LogP contribution in [0.25, 0.3) is 0 Å². The second-order valence-electron chi connectivity index (χ2n) is 7.13. The third-order valence-electron chi connectivity index (χ3n) is 4.56. The average molecular weight is 427 g/mol. The molecular weight excluding hydrogens is 388 g/mol. The Morgan fingerprint density at radius 1 is 0.778 bits per heavy atom. The Kier molecular flexibility index (Phi) is 15.3. The molecule has 0 bridgehead atoms. The van der Waals surface area contributed by atoms with Gasteiger partial charge in [0.1, 0.15) is 4.99 Å².